The van der Waals surface area contributed by atoms with E-state index in [4.69, 9.17) is 13.7 Å². The molecule has 9 heteroatoms. The van der Waals surface area contributed by atoms with Gasteiger partial charge in [-0.3, -0.25) is 0 Å². The molecule has 0 unspecified atom stereocenters. The maximum atomic E-state index is 6.41. The minimum absolute atomic E-state index is 0. The van der Waals surface area contributed by atoms with E-state index in [1.165, 1.54) is 16.7 Å². The van der Waals surface area contributed by atoms with Gasteiger partial charge in [-0.1, -0.05) is 53.1 Å². The van der Waals surface area contributed by atoms with Gasteiger partial charge in [0.1, 0.15) is 0 Å². The second-order valence-corrected chi connectivity index (χ2v) is 12.7. The Bertz CT molecular complexity index is 1910. The third-order valence-electron chi connectivity index (χ3n) is 8.94. The summed E-state index contributed by atoms with van der Waals surface area (Å²) in [5.74, 6) is 0. The number of hydrogen-bond donors (Lipinski definition) is 0. The molecule has 0 saturated carbocycles. The molecule has 0 amide bonds. The summed E-state index contributed by atoms with van der Waals surface area (Å²) in [6.07, 6.45) is 0. The Morgan fingerprint density at radius 1 is 0.298 bits per heavy atom. The zero-order chi connectivity index (χ0) is 36.6. The first kappa shape index (κ1) is 45.1. The quantitative estimate of drug-likeness (QED) is 0.123. The zero-order valence-electron chi connectivity index (χ0n) is 31.0. The predicted molar refractivity (Wildman–Crippen MR) is 228 cm³/mol. The first-order valence-electron chi connectivity index (χ1n) is 18.2. The van der Waals surface area contributed by atoms with Gasteiger partial charge in [0.25, 0.3) is 0 Å². The fourth-order valence-corrected chi connectivity index (χ4v) is 6.06. The minimum Gasteiger partial charge on any atom is -0.445 e. The van der Waals surface area contributed by atoms with Gasteiger partial charge in [0.2, 0.25) is 0 Å². The van der Waals surface area contributed by atoms with E-state index in [9.17, 15) is 0 Å². The van der Waals surface area contributed by atoms with Crippen molar-refractivity contribution in [1.82, 2.24) is 0 Å². The summed E-state index contributed by atoms with van der Waals surface area (Å²) in [6, 6.07) is 80.1. The van der Waals surface area contributed by atoms with Crippen LogP contribution in [-0.2, 0) is 64.9 Å². The Balaban J connectivity index is 0.000000335. The topological polar surface area (TPSA) is 27.7 Å². The molecule has 57 heavy (non-hydrogen) atoms. The van der Waals surface area contributed by atoms with E-state index in [1.54, 1.807) is 0 Å². The maximum Gasteiger partial charge on any atom is 2.00 e. The average molecular weight is 864 g/mol. The van der Waals surface area contributed by atoms with Crippen LogP contribution < -0.4 is 16.4 Å². The van der Waals surface area contributed by atoms with E-state index < -0.39 is 21.4 Å². The molecule has 9 aromatic carbocycles. The second kappa shape index (κ2) is 24.2. The standard InChI is InChI=1S/C33H24B3O3.3C5H5.3Fe/c1-2-8-25(7-1)28-13-19-31(20-14-28)34-37-35(32-21-15-29(16-22-32)26-9-3-4-10-26)39-36(38-34)33-23-17-30(18-24-33)27-11-5-6-12-27;3*1-2-4-5-3-1;;;/h1-24H;3*1-5H;;;/q-3;3*-1;3*+2. The fraction of sp³-hybridized carbons (Fsp3) is 0. The predicted octanol–water partition coefficient (Wildman–Crippen LogP) is 9.60. The largest absolute Gasteiger partial charge is 2.00 e. The van der Waals surface area contributed by atoms with Gasteiger partial charge in [-0.05, 0) is 16.4 Å². The van der Waals surface area contributed by atoms with E-state index >= 15 is 0 Å². The van der Waals surface area contributed by atoms with Crippen LogP contribution in [0.25, 0.3) is 33.4 Å². The average Bonchev–Trinajstić information content (AvgIpc) is 4.11. The first-order valence-corrected chi connectivity index (χ1v) is 18.2. The van der Waals surface area contributed by atoms with Gasteiger partial charge < -0.3 is 13.7 Å². The number of benzene rings is 3. The van der Waals surface area contributed by atoms with Gasteiger partial charge in [-0.15, -0.1) is 89.5 Å². The van der Waals surface area contributed by atoms with Crippen LogP contribution in [0.5, 0.6) is 0 Å². The second-order valence-electron chi connectivity index (χ2n) is 12.7. The van der Waals surface area contributed by atoms with Crippen LogP contribution in [0.15, 0.2) is 237 Å². The van der Waals surface area contributed by atoms with E-state index in [0.29, 0.717) is 0 Å². The smallest absolute Gasteiger partial charge is 0.445 e. The summed E-state index contributed by atoms with van der Waals surface area (Å²) >= 11 is 0. The minimum atomic E-state index is -0.577. The molecule has 282 valence electrons. The Morgan fingerprint density at radius 3 is 0.684 bits per heavy atom. The van der Waals surface area contributed by atoms with E-state index in [-0.39, 0.29) is 51.2 Å². The molecular weight excluding hydrogens is 824 g/mol. The molecule has 10 rings (SSSR count). The van der Waals surface area contributed by atoms with E-state index in [1.807, 2.05) is 91.0 Å². The third kappa shape index (κ3) is 13.2. The third-order valence-corrected chi connectivity index (χ3v) is 8.94. The molecule has 3 nitrogen and oxygen atoms in total. The van der Waals surface area contributed by atoms with Crippen molar-refractivity contribution in [1.29, 1.82) is 0 Å². The molecule has 1 fully saturated rings. The molecule has 0 atom stereocenters. The molecule has 0 spiro atoms. The van der Waals surface area contributed by atoms with Crippen LogP contribution in [0.3, 0.4) is 0 Å². The molecule has 0 radical (unpaired) electrons. The van der Waals surface area contributed by atoms with E-state index in [2.05, 4.69) is 146 Å². The van der Waals surface area contributed by atoms with Crippen molar-refractivity contribution in [3.8, 4) is 33.4 Å². The van der Waals surface area contributed by atoms with Crippen molar-refractivity contribution in [3.05, 3.63) is 237 Å². The van der Waals surface area contributed by atoms with Gasteiger partial charge in [0.05, 0.1) is 0 Å². The van der Waals surface area contributed by atoms with Crippen molar-refractivity contribution in [2.75, 3.05) is 0 Å². The molecule has 1 saturated heterocycles. The van der Waals surface area contributed by atoms with Crippen molar-refractivity contribution in [2.24, 2.45) is 0 Å². The summed E-state index contributed by atoms with van der Waals surface area (Å²) in [7, 11) is -1.73. The molecule has 0 aromatic heterocycles. The summed E-state index contributed by atoms with van der Waals surface area (Å²) in [5.41, 5.74) is 9.92. The van der Waals surface area contributed by atoms with E-state index in [0.717, 1.165) is 33.1 Å². The molecule has 1 heterocycles. The Kier molecular flexibility index (Phi) is 19.2. The summed E-state index contributed by atoms with van der Waals surface area (Å²) < 4.78 is 19.2. The van der Waals surface area contributed by atoms with Crippen LogP contribution in [0.4, 0.5) is 0 Å². The molecule has 0 N–H and O–H groups in total. The molecular formula is C48H39B3Fe3O3. The van der Waals surface area contributed by atoms with Crippen LogP contribution in [0.2, 0.25) is 0 Å². The van der Waals surface area contributed by atoms with Crippen molar-refractivity contribution in [3.63, 3.8) is 0 Å². The summed E-state index contributed by atoms with van der Waals surface area (Å²) in [5, 5.41) is 0. The molecule has 9 aromatic rings. The van der Waals surface area contributed by atoms with Gasteiger partial charge in [0.15, 0.2) is 0 Å². The molecule has 1 aliphatic heterocycles. The Morgan fingerprint density at radius 2 is 0.509 bits per heavy atom. The summed E-state index contributed by atoms with van der Waals surface area (Å²) in [4.78, 5) is 0. The molecule has 0 bridgehead atoms. The van der Waals surface area contributed by atoms with Crippen LogP contribution in [-0.4, -0.2) is 21.4 Å². The SMILES string of the molecule is [Fe+2].[Fe+2].[Fe+2].c1cc[c-](-c2ccc(B3OB(c4ccc(-[c-]5cccc5)cc4)OB(c4ccc(-[c-]5cccc5)cc4)O3)cc2)c1.c1cc[cH-]c1.c1cc[cH-]c1.c1cc[cH-]c1. The van der Waals surface area contributed by atoms with Crippen LogP contribution in [0.1, 0.15) is 0 Å². The number of rotatable bonds is 6. The summed E-state index contributed by atoms with van der Waals surface area (Å²) in [6.45, 7) is 0. The first-order chi connectivity index (χ1) is 26.8. The maximum absolute atomic E-state index is 6.41. The van der Waals surface area contributed by atoms with Crippen molar-refractivity contribution in [2.45, 2.75) is 0 Å². The molecule has 0 aliphatic carbocycles. The van der Waals surface area contributed by atoms with Crippen molar-refractivity contribution < 1.29 is 64.9 Å². The normalized spacial score (nSPS) is 11.5. The molecule has 1 aliphatic rings. The van der Waals surface area contributed by atoms with Gasteiger partial charge >= 0.3 is 72.6 Å². The zero-order valence-corrected chi connectivity index (χ0v) is 34.3. The monoisotopic (exact) mass is 864 g/mol. The van der Waals surface area contributed by atoms with Crippen LogP contribution in [0, 0.1) is 0 Å². The van der Waals surface area contributed by atoms with Gasteiger partial charge in [-0.2, -0.15) is 91.0 Å². The van der Waals surface area contributed by atoms with Crippen LogP contribution >= 0.6 is 0 Å². The van der Waals surface area contributed by atoms with Gasteiger partial charge in [0, 0.05) is 0 Å². The Hall–Kier alpha value is -4.61. The number of hydrogen-bond acceptors (Lipinski definition) is 3. The van der Waals surface area contributed by atoms with Gasteiger partial charge in [-0.25, -0.2) is 36.4 Å². The fourth-order valence-electron chi connectivity index (χ4n) is 6.06. The van der Waals surface area contributed by atoms with Crippen molar-refractivity contribution >= 4 is 37.7 Å². The Labute approximate surface area is 370 Å².